The van der Waals surface area contributed by atoms with Gasteiger partial charge in [-0.15, -0.1) is 0 Å². The van der Waals surface area contributed by atoms with E-state index in [9.17, 15) is 13.2 Å². The molecule has 1 nitrogen and oxygen atoms in total. The van der Waals surface area contributed by atoms with Crippen LogP contribution < -0.4 is 5.73 Å². The van der Waals surface area contributed by atoms with Gasteiger partial charge in [0.25, 0.3) is 0 Å². The molecule has 0 bridgehead atoms. The van der Waals surface area contributed by atoms with Gasteiger partial charge < -0.3 is 5.73 Å². The summed E-state index contributed by atoms with van der Waals surface area (Å²) in [5, 5.41) is 0. The quantitative estimate of drug-likeness (QED) is 0.475. The molecule has 66 valence electrons. The molecule has 0 aliphatic rings. The Morgan fingerprint density at radius 2 is 1.33 bits per heavy atom. The second kappa shape index (κ2) is 2.69. The van der Waals surface area contributed by atoms with Crippen molar-refractivity contribution in [1.82, 2.24) is 0 Å². The van der Waals surface area contributed by atoms with Crippen LogP contribution in [0.1, 0.15) is 11.1 Å². The molecule has 12 heavy (non-hydrogen) atoms. The summed E-state index contributed by atoms with van der Waals surface area (Å²) in [6.07, 6.45) is 0. The summed E-state index contributed by atoms with van der Waals surface area (Å²) >= 11 is 0. The first kappa shape index (κ1) is 8.90. The van der Waals surface area contributed by atoms with Crippen molar-refractivity contribution in [1.29, 1.82) is 0 Å². The first-order valence-electron chi connectivity index (χ1n) is 3.36. The lowest BCUT2D eigenvalue weighted by Gasteiger charge is -2.07. The SMILES string of the molecule is Cc1c(N)c(F)c(F)c(C)c1F. The second-order valence-corrected chi connectivity index (χ2v) is 2.61. The highest BCUT2D eigenvalue weighted by Gasteiger charge is 2.17. The van der Waals surface area contributed by atoms with Crippen LogP contribution in [-0.2, 0) is 0 Å². The number of hydrogen-bond donors (Lipinski definition) is 1. The number of anilines is 1. The molecule has 0 amide bonds. The van der Waals surface area contributed by atoms with Gasteiger partial charge >= 0.3 is 0 Å². The second-order valence-electron chi connectivity index (χ2n) is 2.61. The number of benzene rings is 1. The van der Waals surface area contributed by atoms with Crippen LogP contribution in [0.5, 0.6) is 0 Å². The Hall–Kier alpha value is -1.19. The predicted molar refractivity (Wildman–Crippen MR) is 40.2 cm³/mol. The van der Waals surface area contributed by atoms with Gasteiger partial charge in [0, 0.05) is 11.1 Å². The third kappa shape index (κ3) is 1.03. The fraction of sp³-hybridized carbons (Fsp3) is 0.250. The molecule has 0 radical (unpaired) electrons. The van der Waals surface area contributed by atoms with E-state index < -0.39 is 23.1 Å². The first-order valence-corrected chi connectivity index (χ1v) is 3.36. The Balaban J connectivity index is 3.60. The Labute approximate surface area is 68.0 Å². The highest BCUT2D eigenvalue weighted by Crippen LogP contribution is 2.25. The van der Waals surface area contributed by atoms with E-state index in [-0.39, 0.29) is 11.1 Å². The number of rotatable bonds is 0. The van der Waals surface area contributed by atoms with Crippen LogP contribution in [0.15, 0.2) is 0 Å². The Morgan fingerprint density at radius 3 is 1.83 bits per heavy atom. The summed E-state index contributed by atoms with van der Waals surface area (Å²) < 4.78 is 38.4. The molecular formula is C8H8F3N. The third-order valence-corrected chi connectivity index (χ3v) is 1.82. The van der Waals surface area contributed by atoms with E-state index >= 15 is 0 Å². The molecule has 1 rings (SSSR count). The number of halogens is 3. The maximum absolute atomic E-state index is 12.9. The standard InChI is InChI=1S/C8H8F3N/c1-3-5(9)4(2)8(12)7(11)6(3)10/h12H2,1-2H3. The van der Waals surface area contributed by atoms with E-state index in [2.05, 4.69) is 0 Å². The average Bonchev–Trinajstić information content (AvgIpc) is 2.08. The topological polar surface area (TPSA) is 26.0 Å². The molecule has 2 N–H and O–H groups in total. The average molecular weight is 175 g/mol. The highest BCUT2D eigenvalue weighted by molar-refractivity contribution is 5.50. The van der Waals surface area contributed by atoms with Crippen molar-refractivity contribution in [3.63, 3.8) is 0 Å². The lowest BCUT2D eigenvalue weighted by molar-refractivity contribution is 0.487. The van der Waals surface area contributed by atoms with Crippen molar-refractivity contribution >= 4 is 5.69 Å². The molecule has 0 unspecified atom stereocenters. The van der Waals surface area contributed by atoms with Crippen LogP contribution in [0.2, 0.25) is 0 Å². The van der Waals surface area contributed by atoms with E-state index in [1.807, 2.05) is 0 Å². The minimum absolute atomic E-state index is 0.0496. The van der Waals surface area contributed by atoms with E-state index in [1.54, 1.807) is 0 Å². The Morgan fingerprint density at radius 1 is 0.833 bits per heavy atom. The molecule has 1 aromatic carbocycles. The van der Waals surface area contributed by atoms with Crippen molar-refractivity contribution in [2.75, 3.05) is 5.73 Å². The van der Waals surface area contributed by atoms with Crippen LogP contribution in [0.3, 0.4) is 0 Å². The predicted octanol–water partition coefficient (Wildman–Crippen LogP) is 2.30. The van der Waals surface area contributed by atoms with Gasteiger partial charge in [0.2, 0.25) is 0 Å². The van der Waals surface area contributed by atoms with E-state index in [4.69, 9.17) is 5.73 Å². The molecule has 0 fully saturated rings. The Kier molecular flexibility index (Phi) is 2.00. The summed E-state index contributed by atoms with van der Waals surface area (Å²) in [7, 11) is 0. The number of hydrogen-bond acceptors (Lipinski definition) is 1. The maximum atomic E-state index is 12.9. The molecule has 0 aliphatic carbocycles. The van der Waals surface area contributed by atoms with Crippen LogP contribution in [-0.4, -0.2) is 0 Å². The minimum Gasteiger partial charge on any atom is -0.396 e. The number of nitrogen functional groups attached to an aromatic ring is 1. The summed E-state index contributed by atoms with van der Waals surface area (Å²) in [5.41, 5.74) is 4.25. The van der Waals surface area contributed by atoms with Gasteiger partial charge in [-0.05, 0) is 13.8 Å². The number of nitrogens with two attached hydrogens (primary N) is 1. The fourth-order valence-corrected chi connectivity index (χ4v) is 0.943. The largest absolute Gasteiger partial charge is 0.396 e. The van der Waals surface area contributed by atoms with Crippen molar-refractivity contribution in [2.45, 2.75) is 13.8 Å². The summed E-state index contributed by atoms with van der Waals surface area (Å²) in [5.74, 6) is -3.17. The summed E-state index contributed by atoms with van der Waals surface area (Å²) in [6.45, 7) is 2.47. The van der Waals surface area contributed by atoms with Crippen molar-refractivity contribution in [3.05, 3.63) is 28.6 Å². The molecule has 1 aromatic rings. The lowest BCUT2D eigenvalue weighted by atomic mass is 10.1. The van der Waals surface area contributed by atoms with E-state index in [0.29, 0.717) is 0 Å². The lowest BCUT2D eigenvalue weighted by Crippen LogP contribution is -2.04. The van der Waals surface area contributed by atoms with Crippen LogP contribution in [0.4, 0.5) is 18.9 Å². The highest BCUT2D eigenvalue weighted by atomic mass is 19.2. The Bertz CT molecular complexity index is 229. The van der Waals surface area contributed by atoms with E-state index in [1.165, 1.54) is 13.8 Å². The molecular weight excluding hydrogens is 167 g/mol. The molecule has 0 aromatic heterocycles. The fourth-order valence-electron chi connectivity index (χ4n) is 0.943. The molecule has 0 spiro atoms. The minimum atomic E-state index is -1.21. The van der Waals surface area contributed by atoms with Crippen LogP contribution in [0, 0.1) is 31.3 Å². The third-order valence-electron chi connectivity index (χ3n) is 1.82. The van der Waals surface area contributed by atoms with E-state index in [0.717, 1.165) is 0 Å². The van der Waals surface area contributed by atoms with Gasteiger partial charge in [-0.1, -0.05) is 0 Å². The maximum Gasteiger partial charge on any atom is 0.182 e. The molecule has 0 saturated carbocycles. The van der Waals surface area contributed by atoms with Crippen molar-refractivity contribution in [2.24, 2.45) is 0 Å². The molecule has 0 atom stereocenters. The van der Waals surface area contributed by atoms with Crippen LogP contribution >= 0.6 is 0 Å². The van der Waals surface area contributed by atoms with Gasteiger partial charge in [-0.3, -0.25) is 0 Å². The smallest absolute Gasteiger partial charge is 0.182 e. The van der Waals surface area contributed by atoms with Gasteiger partial charge in [-0.2, -0.15) is 0 Å². The molecule has 0 aliphatic heterocycles. The van der Waals surface area contributed by atoms with Gasteiger partial charge in [0.1, 0.15) is 5.82 Å². The molecule has 0 heterocycles. The van der Waals surface area contributed by atoms with Crippen molar-refractivity contribution in [3.8, 4) is 0 Å². The van der Waals surface area contributed by atoms with Crippen LogP contribution in [0.25, 0.3) is 0 Å². The molecule has 4 heteroatoms. The zero-order chi connectivity index (χ0) is 9.46. The van der Waals surface area contributed by atoms with Crippen molar-refractivity contribution < 1.29 is 13.2 Å². The van der Waals surface area contributed by atoms with Gasteiger partial charge in [-0.25, -0.2) is 13.2 Å². The molecule has 0 saturated heterocycles. The summed E-state index contributed by atoms with van der Waals surface area (Å²) in [6, 6.07) is 0. The first-order chi connectivity index (χ1) is 5.46. The van der Waals surface area contributed by atoms with Gasteiger partial charge in [0.05, 0.1) is 5.69 Å². The summed E-state index contributed by atoms with van der Waals surface area (Å²) in [4.78, 5) is 0. The monoisotopic (exact) mass is 175 g/mol. The zero-order valence-corrected chi connectivity index (χ0v) is 6.71. The van der Waals surface area contributed by atoms with Gasteiger partial charge in [0.15, 0.2) is 11.6 Å². The normalized spacial score (nSPS) is 10.4. The zero-order valence-electron chi connectivity index (χ0n) is 6.71.